The summed E-state index contributed by atoms with van der Waals surface area (Å²) in [5.41, 5.74) is 2.75. The maximum atomic E-state index is 13.6. The number of nitrogens with two attached hydrogens (primary N) is 1. The van der Waals surface area contributed by atoms with Crippen molar-refractivity contribution in [1.29, 1.82) is 0 Å². The van der Waals surface area contributed by atoms with Crippen LogP contribution in [0.15, 0.2) is 29.6 Å². The van der Waals surface area contributed by atoms with Crippen LogP contribution in [0.25, 0.3) is 0 Å². The molecule has 0 radical (unpaired) electrons. The summed E-state index contributed by atoms with van der Waals surface area (Å²) in [6, 6.07) is 4.48. The highest BCUT2D eigenvalue weighted by atomic mass is 35.5. The molecule has 0 aliphatic carbocycles. The van der Waals surface area contributed by atoms with Crippen LogP contribution in [0.5, 0.6) is 0 Å². The van der Waals surface area contributed by atoms with Gasteiger partial charge < -0.3 is 0 Å². The molecule has 3 N–H and O–H groups in total. The Morgan fingerprint density at radius 1 is 1.29 bits per heavy atom. The lowest BCUT2D eigenvalue weighted by Gasteiger charge is -2.16. The van der Waals surface area contributed by atoms with E-state index >= 15 is 0 Å². The molecule has 0 fully saturated rings. The van der Waals surface area contributed by atoms with Crippen molar-refractivity contribution in [3.63, 3.8) is 0 Å². The Hall–Kier alpha value is -1.01. The van der Waals surface area contributed by atoms with E-state index in [1.165, 1.54) is 23.5 Å². The molecule has 0 spiro atoms. The predicted molar refractivity (Wildman–Crippen MR) is 64.9 cm³/mol. The van der Waals surface area contributed by atoms with Crippen molar-refractivity contribution in [3.05, 3.63) is 56.7 Å². The SMILES string of the molecule is NNC(c1ccc(F)cc1F)c1sccc1Cl. The quantitative estimate of drug-likeness (QED) is 0.666. The molecule has 0 bridgehead atoms. The van der Waals surface area contributed by atoms with Gasteiger partial charge in [0.25, 0.3) is 0 Å². The summed E-state index contributed by atoms with van der Waals surface area (Å²) >= 11 is 7.32. The third-order valence-electron chi connectivity index (χ3n) is 2.35. The summed E-state index contributed by atoms with van der Waals surface area (Å²) in [7, 11) is 0. The van der Waals surface area contributed by atoms with E-state index in [0.717, 1.165) is 6.07 Å². The Morgan fingerprint density at radius 3 is 2.59 bits per heavy atom. The number of thiophene rings is 1. The molecule has 0 aliphatic rings. The number of halogens is 3. The molecule has 0 saturated carbocycles. The van der Waals surface area contributed by atoms with E-state index in [-0.39, 0.29) is 5.56 Å². The zero-order chi connectivity index (χ0) is 12.4. The van der Waals surface area contributed by atoms with Crippen molar-refractivity contribution in [1.82, 2.24) is 5.43 Å². The lowest BCUT2D eigenvalue weighted by Crippen LogP contribution is -2.29. The fourth-order valence-electron chi connectivity index (χ4n) is 1.55. The van der Waals surface area contributed by atoms with Crippen LogP contribution in [0, 0.1) is 11.6 Å². The number of nitrogens with one attached hydrogen (secondary N) is 1. The van der Waals surface area contributed by atoms with E-state index < -0.39 is 17.7 Å². The molecule has 2 aromatic rings. The minimum Gasteiger partial charge on any atom is -0.271 e. The second kappa shape index (κ2) is 5.10. The Balaban J connectivity index is 2.46. The highest BCUT2D eigenvalue weighted by Gasteiger charge is 2.20. The van der Waals surface area contributed by atoms with E-state index in [1.807, 2.05) is 0 Å². The molecule has 90 valence electrons. The van der Waals surface area contributed by atoms with Gasteiger partial charge in [0.05, 0.1) is 11.1 Å². The molecule has 2 rings (SSSR count). The van der Waals surface area contributed by atoms with Crippen LogP contribution in [0.4, 0.5) is 8.78 Å². The molecule has 0 amide bonds. The Morgan fingerprint density at radius 2 is 2.06 bits per heavy atom. The zero-order valence-electron chi connectivity index (χ0n) is 8.58. The smallest absolute Gasteiger partial charge is 0.131 e. The highest BCUT2D eigenvalue weighted by molar-refractivity contribution is 7.10. The number of hydrogen-bond acceptors (Lipinski definition) is 3. The number of rotatable bonds is 3. The summed E-state index contributed by atoms with van der Waals surface area (Å²) in [4.78, 5) is 0.694. The maximum absolute atomic E-state index is 13.6. The van der Waals surface area contributed by atoms with E-state index in [9.17, 15) is 8.78 Å². The summed E-state index contributed by atoms with van der Waals surface area (Å²) in [5.74, 6) is 4.13. The molecule has 2 nitrogen and oxygen atoms in total. The van der Waals surface area contributed by atoms with Gasteiger partial charge in [0, 0.05) is 16.5 Å². The van der Waals surface area contributed by atoms with Crippen molar-refractivity contribution in [3.8, 4) is 0 Å². The average Bonchev–Trinajstić information content (AvgIpc) is 2.69. The Kier molecular flexibility index (Phi) is 3.73. The molecular weight excluding hydrogens is 266 g/mol. The normalized spacial score (nSPS) is 12.7. The van der Waals surface area contributed by atoms with Gasteiger partial charge in [-0.2, -0.15) is 0 Å². The van der Waals surface area contributed by atoms with Gasteiger partial charge in [-0.3, -0.25) is 5.84 Å². The lowest BCUT2D eigenvalue weighted by molar-refractivity contribution is 0.544. The first-order valence-electron chi connectivity index (χ1n) is 4.77. The summed E-state index contributed by atoms with van der Waals surface area (Å²) in [6.07, 6.45) is 0. The first-order chi connectivity index (χ1) is 8.13. The van der Waals surface area contributed by atoms with Crippen LogP contribution < -0.4 is 11.3 Å². The Bertz CT molecular complexity index is 530. The van der Waals surface area contributed by atoms with Crippen LogP contribution in [-0.2, 0) is 0 Å². The second-order valence-corrected chi connectivity index (χ2v) is 4.75. The van der Waals surface area contributed by atoms with Crippen molar-refractivity contribution >= 4 is 22.9 Å². The monoisotopic (exact) mass is 274 g/mol. The van der Waals surface area contributed by atoms with Gasteiger partial charge in [0.1, 0.15) is 11.6 Å². The number of hydrogen-bond donors (Lipinski definition) is 2. The van der Waals surface area contributed by atoms with Gasteiger partial charge in [-0.1, -0.05) is 17.7 Å². The molecule has 1 aromatic carbocycles. The largest absolute Gasteiger partial charge is 0.271 e. The van der Waals surface area contributed by atoms with Crippen LogP contribution in [0.3, 0.4) is 0 Å². The summed E-state index contributed by atoms with van der Waals surface area (Å²) in [5, 5.41) is 2.28. The fraction of sp³-hybridized carbons (Fsp3) is 0.0909. The highest BCUT2D eigenvalue weighted by Crippen LogP contribution is 2.33. The summed E-state index contributed by atoms with van der Waals surface area (Å²) < 4.78 is 26.5. The third-order valence-corrected chi connectivity index (χ3v) is 3.77. The number of hydrazine groups is 1. The van der Waals surface area contributed by atoms with E-state index in [0.29, 0.717) is 9.90 Å². The lowest BCUT2D eigenvalue weighted by atomic mass is 10.1. The van der Waals surface area contributed by atoms with E-state index in [4.69, 9.17) is 17.4 Å². The fourth-order valence-corrected chi connectivity index (χ4v) is 2.80. The molecule has 0 saturated heterocycles. The predicted octanol–water partition coefficient (Wildman–Crippen LogP) is 3.23. The first-order valence-corrected chi connectivity index (χ1v) is 6.03. The number of benzene rings is 1. The molecule has 1 heterocycles. The van der Waals surface area contributed by atoms with E-state index in [1.54, 1.807) is 11.4 Å². The molecule has 0 aliphatic heterocycles. The van der Waals surface area contributed by atoms with Crippen molar-refractivity contribution in [2.45, 2.75) is 6.04 Å². The molecule has 17 heavy (non-hydrogen) atoms. The zero-order valence-corrected chi connectivity index (χ0v) is 10.2. The van der Waals surface area contributed by atoms with Crippen molar-refractivity contribution in [2.75, 3.05) is 0 Å². The summed E-state index contributed by atoms with van der Waals surface area (Å²) in [6.45, 7) is 0. The van der Waals surface area contributed by atoms with Crippen molar-refractivity contribution < 1.29 is 8.78 Å². The van der Waals surface area contributed by atoms with Crippen LogP contribution in [-0.4, -0.2) is 0 Å². The molecule has 1 atom stereocenters. The minimum absolute atomic E-state index is 0.262. The first kappa shape index (κ1) is 12.4. The van der Waals surface area contributed by atoms with Gasteiger partial charge in [-0.05, 0) is 17.5 Å². The molecular formula is C11H9ClF2N2S. The maximum Gasteiger partial charge on any atom is 0.131 e. The minimum atomic E-state index is -0.655. The van der Waals surface area contributed by atoms with Crippen LogP contribution in [0.2, 0.25) is 5.02 Å². The Labute approximate surface area is 106 Å². The second-order valence-electron chi connectivity index (χ2n) is 3.40. The van der Waals surface area contributed by atoms with Gasteiger partial charge >= 0.3 is 0 Å². The van der Waals surface area contributed by atoms with Crippen LogP contribution in [0.1, 0.15) is 16.5 Å². The van der Waals surface area contributed by atoms with Gasteiger partial charge in [-0.25, -0.2) is 14.2 Å². The average molecular weight is 275 g/mol. The van der Waals surface area contributed by atoms with E-state index in [2.05, 4.69) is 5.43 Å². The molecule has 6 heteroatoms. The van der Waals surface area contributed by atoms with Gasteiger partial charge in [0.2, 0.25) is 0 Å². The molecule has 1 aromatic heterocycles. The van der Waals surface area contributed by atoms with Crippen LogP contribution >= 0.6 is 22.9 Å². The third kappa shape index (κ3) is 2.47. The topological polar surface area (TPSA) is 38.0 Å². The van der Waals surface area contributed by atoms with Crippen molar-refractivity contribution in [2.24, 2.45) is 5.84 Å². The standard InChI is InChI=1S/C11H9ClF2N2S/c12-8-3-4-17-11(8)10(16-15)7-2-1-6(13)5-9(7)14/h1-5,10,16H,15H2. The van der Waals surface area contributed by atoms with Gasteiger partial charge in [-0.15, -0.1) is 11.3 Å². The molecule has 1 unspecified atom stereocenters. The van der Waals surface area contributed by atoms with Gasteiger partial charge in [0.15, 0.2) is 0 Å².